The van der Waals surface area contributed by atoms with Crippen LogP contribution < -0.4 is 11.1 Å². The molecule has 114 valence electrons. The molecule has 0 spiro atoms. The minimum Gasteiger partial charge on any atom is -0.355 e. The number of hydrogen-bond donors (Lipinski definition) is 2. The second-order valence-corrected chi connectivity index (χ2v) is 5.15. The number of nitrogens with zero attached hydrogens (tertiary/aromatic N) is 1. The molecule has 0 aliphatic carbocycles. The van der Waals surface area contributed by atoms with Crippen molar-refractivity contribution in [2.75, 3.05) is 32.7 Å². The van der Waals surface area contributed by atoms with E-state index in [0.717, 1.165) is 45.6 Å². The van der Waals surface area contributed by atoms with Gasteiger partial charge in [0.15, 0.2) is 0 Å². The van der Waals surface area contributed by atoms with Crippen LogP contribution in [-0.4, -0.2) is 43.5 Å². The lowest BCUT2D eigenvalue weighted by molar-refractivity contribution is -0.121. The molecule has 0 heterocycles. The molecular formula is C15H33N3O. The molecule has 3 N–H and O–H groups in total. The molecule has 1 unspecified atom stereocenters. The number of amides is 1. The van der Waals surface area contributed by atoms with Crippen LogP contribution in [0.4, 0.5) is 0 Å². The molecule has 0 rings (SSSR count). The van der Waals surface area contributed by atoms with E-state index in [1.807, 2.05) is 0 Å². The topological polar surface area (TPSA) is 58.4 Å². The zero-order valence-electron chi connectivity index (χ0n) is 13.1. The van der Waals surface area contributed by atoms with Crippen LogP contribution in [0.2, 0.25) is 0 Å². The lowest BCUT2D eigenvalue weighted by Crippen LogP contribution is -2.34. The highest BCUT2D eigenvalue weighted by Crippen LogP contribution is 2.16. The fourth-order valence-corrected chi connectivity index (χ4v) is 2.39. The number of likely N-dealkylation sites (N-methyl/N-ethyl adjacent to an activating group) is 1. The third-order valence-corrected chi connectivity index (χ3v) is 3.70. The zero-order chi connectivity index (χ0) is 14.5. The summed E-state index contributed by atoms with van der Waals surface area (Å²) in [5.74, 6) is 0.800. The van der Waals surface area contributed by atoms with Crippen LogP contribution in [0.5, 0.6) is 0 Å². The first-order chi connectivity index (χ1) is 9.17. The molecule has 0 aliphatic rings. The van der Waals surface area contributed by atoms with Crippen molar-refractivity contribution in [3.8, 4) is 0 Å². The summed E-state index contributed by atoms with van der Waals surface area (Å²) in [6.45, 7) is 11.0. The van der Waals surface area contributed by atoms with Gasteiger partial charge in [-0.15, -0.1) is 0 Å². The quantitative estimate of drug-likeness (QED) is 0.571. The zero-order valence-corrected chi connectivity index (χ0v) is 13.1. The predicted molar refractivity (Wildman–Crippen MR) is 82.1 cm³/mol. The third-order valence-electron chi connectivity index (χ3n) is 3.70. The van der Waals surface area contributed by atoms with Gasteiger partial charge < -0.3 is 16.0 Å². The van der Waals surface area contributed by atoms with Crippen LogP contribution >= 0.6 is 0 Å². The SMILES string of the molecule is CCCC(CCN)CCC(=O)NCCN(CC)CC. The van der Waals surface area contributed by atoms with Crippen molar-refractivity contribution >= 4 is 5.91 Å². The Morgan fingerprint density at radius 2 is 1.84 bits per heavy atom. The van der Waals surface area contributed by atoms with Gasteiger partial charge in [0.2, 0.25) is 5.91 Å². The van der Waals surface area contributed by atoms with Gasteiger partial charge in [0.25, 0.3) is 0 Å². The van der Waals surface area contributed by atoms with E-state index in [9.17, 15) is 4.79 Å². The Bertz CT molecular complexity index is 211. The Labute approximate surface area is 119 Å². The Morgan fingerprint density at radius 1 is 1.16 bits per heavy atom. The average molecular weight is 271 g/mol. The number of rotatable bonds is 12. The summed E-state index contributed by atoms with van der Waals surface area (Å²) in [5.41, 5.74) is 5.60. The second-order valence-electron chi connectivity index (χ2n) is 5.15. The Morgan fingerprint density at radius 3 is 2.37 bits per heavy atom. The van der Waals surface area contributed by atoms with Crippen molar-refractivity contribution in [1.82, 2.24) is 10.2 Å². The van der Waals surface area contributed by atoms with Crippen LogP contribution in [0.1, 0.15) is 52.9 Å². The maximum Gasteiger partial charge on any atom is 0.220 e. The Hall–Kier alpha value is -0.610. The normalized spacial score (nSPS) is 12.7. The summed E-state index contributed by atoms with van der Waals surface area (Å²) < 4.78 is 0. The highest BCUT2D eigenvalue weighted by atomic mass is 16.1. The van der Waals surface area contributed by atoms with Gasteiger partial charge in [0, 0.05) is 19.5 Å². The van der Waals surface area contributed by atoms with E-state index in [0.29, 0.717) is 12.3 Å². The Balaban J connectivity index is 3.72. The minimum absolute atomic E-state index is 0.185. The summed E-state index contributed by atoms with van der Waals surface area (Å²) in [7, 11) is 0. The monoisotopic (exact) mass is 271 g/mol. The van der Waals surface area contributed by atoms with Crippen LogP contribution in [0.25, 0.3) is 0 Å². The summed E-state index contributed by atoms with van der Waals surface area (Å²) in [6.07, 6.45) is 5.02. The van der Waals surface area contributed by atoms with Crippen LogP contribution in [0, 0.1) is 5.92 Å². The van der Waals surface area contributed by atoms with Crippen molar-refractivity contribution in [2.24, 2.45) is 11.7 Å². The highest BCUT2D eigenvalue weighted by Gasteiger charge is 2.10. The van der Waals surface area contributed by atoms with Crippen molar-refractivity contribution in [2.45, 2.75) is 52.9 Å². The molecule has 0 bridgehead atoms. The van der Waals surface area contributed by atoms with Crippen molar-refractivity contribution in [3.05, 3.63) is 0 Å². The van der Waals surface area contributed by atoms with Gasteiger partial charge in [-0.25, -0.2) is 0 Å². The lowest BCUT2D eigenvalue weighted by Gasteiger charge is -2.18. The van der Waals surface area contributed by atoms with E-state index >= 15 is 0 Å². The number of nitrogens with two attached hydrogens (primary N) is 1. The smallest absolute Gasteiger partial charge is 0.220 e. The summed E-state index contributed by atoms with van der Waals surface area (Å²) in [5, 5.41) is 3.01. The summed E-state index contributed by atoms with van der Waals surface area (Å²) >= 11 is 0. The molecule has 1 atom stereocenters. The van der Waals surface area contributed by atoms with Gasteiger partial charge in [-0.1, -0.05) is 33.6 Å². The molecule has 0 saturated carbocycles. The summed E-state index contributed by atoms with van der Waals surface area (Å²) in [6, 6.07) is 0. The standard InChI is InChI=1S/C15H33N3O/c1-4-7-14(10-11-16)8-9-15(19)17-12-13-18(5-2)6-3/h14H,4-13,16H2,1-3H3,(H,17,19). The van der Waals surface area contributed by atoms with Crippen molar-refractivity contribution in [1.29, 1.82) is 0 Å². The van der Waals surface area contributed by atoms with E-state index in [1.165, 1.54) is 12.8 Å². The van der Waals surface area contributed by atoms with E-state index in [1.54, 1.807) is 0 Å². The average Bonchev–Trinajstić information content (AvgIpc) is 2.41. The minimum atomic E-state index is 0.185. The van der Waals surface area contributed by atoms with E-state index < -0.39 is 0 Å². The number of carbonyl (C=O) groups excluding carboxylic acids is 1. The maximum atomic E-state index is 11.8. The second kappa shape index (κ2) is 12.4. The van der Waals surface area contributed by atoms with Gasteiger partial charge in [0.05, 0.1) is 0 Å². The van der Waals surface area contributed by atoms with E-state index in [4.69, 9.17) is 5.73 Å². The molecule has 0 aliphatic heterocycles. The maximum absolute atomic E-state index is 11.8. The highest BCUT2D eigenvalue weighted by molar-refractivity contribution is 5.75. The molecule has 1 amide bonds. The van der Waals surface area contributed by atoms with Gasteiger partial charge in [-0.3, -0.25) is 4.79 Å². The fourth-order valence-electron chi connectivity index (χ4n) is 2.39. The van der Waals surface area contributed by atoms with Crippen LogP contribution in [-0.2, 0) is 4.79 Å². The van der Waals surface area contributed by atoms with Crippen LogP contribution in [0.3, 0.4) is 0 Å². The third kappa shape index (κ3) is 9.91. The molecular weight excluding hydrogens is 238 g/mol. The first-order valence-electron chi connectivity index (χ1n) is 7.86. The molecule has 0 fully saturated rings. The van der Waals surface area contributed by atoms with Crippen molar-refractivity contribution < 1.29 is 4.79 Å². The van der Waals surface area contributed by atoms with E-state index in [2.05, 4.69) is 31.0 Å². The van der Waals surface area contributed by atoms with Gasteiger partial charge in [0.1, 0.15) is 0 Å². The summed E-state index contributed by atoms with van der Waals surface area (Å²) in [4.78, 5) is 14.1. The van der Waals surface area contributed by atoms with Gasteiger partial charge in [-0.05, 0) is 38.4 Å². The molecule has 0 radical (unpaired) electrons. The Kier molecular flexibility index (Phi) is 12.0. The number of hydrogen-bond acceptors (Lipinski definition) is 3. The number of nitrogens with one attached hydrogen (secondary N) is 1. The fraction of sp³-hybridized carbons (Fsp3) is 0.933. The molecule has 0 saturated heterocycles. The molecule has 4 heteroatoms. The molecule has 0 aromatic heterocycles. The first kappa shape index (κ1) is 18.4. The van der Waals surface area contributed by atoms with Crippen molar-refractivity contribution in [3.63, 3.8) is 0 Å². The predicted octanol–water partition coefficient (Wildman–Crippen LogP) is 1.99. The lowest BCUT2D eigenvalue weighted by atomic mass is 9.94. The van der Waals surface area contributed by atoms with Gasteiger partial charge in [-0.2, -0.15) is 0 Å². The van der Waals surface area contributed by atoms with Gasteiger partial charge >= 0.3 is 0 Å². The molecule has 0 aromatic rings. The molecule has 0 aromatic carbocycles. The molecule has 19 heavy (non-hydrogen) atoms. The van der Waals surface area contributed by atoms with Crippen LogP contribution in [0.15, 0.2) is 0 Å². The molecule has 4 nitrogen and oxygen atoms in total. The van der Waals surface area contributed by atoms with E-state index in [-0.39, 0.29) is 5.91 Å². The first-order valence-corrected chi connectivity index (χ1v) is 7.86. The number of carbonyl (C=O) groups is 1. The largest absolute Gasteiger partial charge is 0.355 e.